The van der Waals surface area contributed by atoms with Gasteiger partial charge in [0.15, 0.2) is 0 Å². The van der Waals surface area contributed by atoms with Crippen LogP contribution in [0.5, 0.6) is 5.75 Å². The largest absolute Gasteiger partial charge is 0.506 e. The van der Waals surface area contributed by atoms with Crippen LogP contribution < -0.4 is 0 Å². The number of hydrogen-bond acceptors (Lipinski definition) is 3. The van der Waals surface area contributed by atoms with Crippen LogP contribution in [0.15, 0.2) is 30.5 Å². The van der Waals surface area contributed by atoms with Crippen LogP contribution in [0.4, 0.5) is 4.39 Å². The van der Waals surface area contributed by atoms with Crippen molar-refractivity contribution in [3.63, 3.8) is 0 Å². The number of pyridine rings is 1. The molecule has 1 N–H and O–H groups in total. The van der Waals surface area contributed by atoms with Gasteiger partial charge in [-0.15, -0.1) is 0 Å². The van der Waals surface area contributed by atoms with E-state index in [2.05, 4.69) is 4.98 Å². The SMILES string of the molecule is CN(C)C(=O)c1ccc(-c2cc(Cl)c(O)cc2F)nc1. The number of rotatable bonds is 2. The first-order valence-corrected chi connectivity index (χ1v) is 6.14. The number of nitrogens with zero attached hydrogens (tertiary/aromatic N) is 2. The Labute approximate surface area is 120 Å². The Kier molecular flexibility index (Phi) is 3.90. The van der Waals surface area contributed by atoms with Gasteiger partial charge in [0, 0.05) is 31.9 Å². The molecule has 0 atom stereocenters. The molecule has 2 aromatic rings. The number of carbonyl (C=O) groups excluding carboxylic acids is 1. The van der Waals surface area contributed by atoms with Gasteiger partial charge in [-0.1, -0.05) is 11.6 Å². The third-order valence-corrected chi connectivity index (χ3v) is 3.03. The van der Waals surface area contributed by atoms with E-state index >= 15 is 0 Å². The second kappa shape index (κ2) is 5.46. The van der Waals surface area contributed by atoms with Gasteiger partial charge < -0.3 is 10.0 Å². The van der Waals surface area contributed by atoms with Crippen molar-refractivity contribution in [2.24, 2.45) is 0 Å². The zero-order valence-corrected chi connectivity index (χ0v) is 11.6. The molecule has 1 aromatic carbocycles. The van der Waals surface area contributed by atoms with Crippen molar-refractivity contribution in [2.75, 3.05) is 14.1 Å². The number of aromatic nitrogens is 1. The molecule has 0 saturated heterocycles. The summed E-state index contributed by atoms with van der Waals surface area (Å²) in [6, 6.07) is 5.31. The Morgan fingerprint density at radius 2 is 2.05 bits per heavy atom. The summed E-state index contributed by atoms with van der Waals surface area (Å²) in [5, 5.41) is 9.35. The van der Waals surface area contributed by atoms with Crippen molar-refractivity contribution >= 4 is 17.5 Å². The highest BCUT2D eigenvalue weighted by Gasteiger charge is 2.13. The summed E-state index contributed by atoms with van der Waals surface area (Å²) in [5.41, 5.74) is 0.903. The third kappa shape index (κ3) is 2.72. The number of halogens is 2. The molecule has 6 heteroatoms. The summed E-state index contributed by atoms with van der Waals surface area (Å²) in [4.78, 5) is 17.2. The molecule has 0 aliphatic rings. The molecule has 20 heavy (non-hydrogen) atoms. The number of carbonyl (C=O) groups is 1. The lowest BCUT2D eigenvalue weighted by Gasteiger charge is -2.10. The van der Waals surface area contributed by atoms with Gasteiger partial charge in [-0.05, 0) is 18.2 Å². The first-order valence-electron chi connectivity index (χ1n) is 5.76. The van der Waals surface area contributed by atoms with E-state index in [1.807, 2.05) is 0 Å². The quantitative estimate of drug-likeness (QED) is 0.926. The summed E-state index contributed by atoms with van der Waals surface area (Å²) < 4.78 is 13.8. The topological polar surface area (TPSA) is 53.4 Å². The Bertz CT molecular complexity index is 657. The molecule has 0 aliphatic carbocycles. The Morgan fingerprint density at radius 3 is 2.60 bits per heavy atom. The normalized spacial score (nSPS) is 10.4. The molecule has 0 radical (unpaired) electrons. The summed E-state index contributed by atoms with van der Waals surface area (Å²) in [6.07, 6.45) is 1.37. The van der Waals surface area contributed by atoms with Gasteiger partial charge >= 0.3 is 0 Å². The van der Waals surface area contributed by atoms with Gasteiger partial charge in [0.2, 0.25) is 0 Å². The van der Waals surface area contributed by atoms with Gasteiger partial charge in [-0.25, -0.2) is 4.39 Å². The number of benzene rings is 1. The first kappa shape index (κ1) is 14.3. The van der Waals surface area contributed by atoms with Crippen LogP contribution in [-0.4, -0.2) is 35.0 Å². The van der Waals surface area contributed by atoms with E-state index in [1.54, 1.807) is 20.2 Å². The van der Waals surface area contributed by atoms with Crippen molar-refractivity contribution in [2.45, 2.75) is 0 Å². The molecule has 1 heterocycles. The van der Waals surface area contributed by atoms with Crippen LogP contribution >= 0.6 is 11.6 Å². The van der Waals surface area contributed by atoms with Crippen LogP contribution in [0, 0.1) is 5.82 Å². The number of phenolic OH excluding ortho intramolecular Hbond substituents is 1. The molecular formula is C14H12ClFN2O2. The number of amides is 1. The molecule has 1 aromatic heterocycles. The highest BCUT2D eigenvalue weighted by molar-refractivity contribution is 6.32. The maximum absolute atomic E-state index is 13.8. The Balaban J connectivity index is 2.40. The number of phenols is 1. The fraction of sp³-hybridized carbons (Fsp3) is 0.143. The zero-order valence-electron chi connectivity index (χ0n) is 10.9. The molecule has 0 unspecified atom stereocenters. The number of hydrogen-bond donors (Lipinski definition) is 1. The van der Waals surface area contributed by atoms with Crippen molar-refractivity contribution in [3.8, 4) is 17.0 Å². The summed E-state index contributed by atoms with van der Waals surface area (Å²) in [5.74, 6) is -1.15. The highest BCUT2D eigenvalue weighted by atomic mass is 35.5. The standard InChI is InChI=1S/C14H12ClFN2O2/c1-18(2)14(20)8-3-4-12(17-7-8)9-5-10(15)13(19)6-11(9)16/h3-7,19H,1-2H3. The van der Waals surface area contributed by atoms with Gasteiger partial charge in [-0.3, -0.25) is 9.78 Å². The summed E-state index contributed by atoms with van der Waals surface area (Å²) in [6.45, 7) is 0. The molecule has 0 bridgehead atoms. The minimum atomic E-state index is -0.633. The Morgan fingerprint density at radius 1 is 1.35 bits per heavy atom. The molecule has 104 valence electrons. The molecule has 1 amide bonds. The van der Waals surface area contributed by atoms with Crippen LogP contribution in [0.1, 0.15) is 10.4 Å². The zero-order chi connectivity index (χ0) is 14.9. The third-order valence-electron chi connectivity index (χ3n) is 2.73. The van der Waals surface area contributed by atoms with E-state index in [-0.39, 0.29) is 22.2 Å². The monoisotopic (exact) mass is 294 g/mol. The lowest BCUT2D eigenvalue weighted by molar-refractivity contribution is 0.0827. The van der Waals surface area contributed by atoms with E-state index in [9.17, 15) is 14.3 Å². The van der Waals surface area contributed by atoms with E-state index in [0.717, 1.165) is 6.07 Å². The van der Waals surface area contributed by atoms with Gasteiger partial charge in [0.1, 0.15) is 11.6 Å². The predicted octanol–water partition coefficient (Wildman–Crippen LogP) is 2.95. The predicted molar refractivity (Wildman–Crippen MR) is 74.3 cm³/mol. The summed E-state index contributed by atoms with van der Waals surface area (Å²) in [7, 11) is 3.27. The van der Waals surface area contributed by atoms with Crippen molar-refractivity contribution in [3.05, 3.63) is 46.9 Å². The summed E-state index contributed by atoms with van der Waals surface area (Å²) >= 11 is 5.75. The smallest absolute Gasteiger partial charge is 0.254 e. The van der Waals surface area contributed by atoms with Crippen molar-refractivity contribution in [1.82, 2.24) is 9.88 Å². The molecule has 0 aliphatic heterocycles. The van der Waals surface area contributed by atoms with Gasteiger partial charge in [-0.2, -0.15) is 0 Å². The lowest BCUT2D eigenvalue weighted by atomic mass is 10.1. The van der Waals surface area contributed by atoms with E-state index < -0.39 is 5.82 Å². The Hall–Kier alpha value is -2.14. The molecule has 0 saturated carbocycles. The fourth-order valence-electron chi connectivity index (χ4n) is 1.67. The maximum atomic E-state index is 13.8. The highest BCUT2D eigenvalue weighted by Crippen LogP contribution is 2.31. The van der Waals surface area contributed by atoms with Gasteiger partial charge in [0.25, 0.3) is 5.91 Å². The molecule has 0 spiro atoms. The van der Waals surface area contributed by atoms with Crippen molar-refractivity contribution < 1.29 is 14.3 Å². The first-order chi connectivity index (χ1) is 9.40. The molecule has 4 nitrogen and oxygen atoms in total. The van der Waals surface area contributed by atoms with E-state index in [1.165, 1.54) is 23.2 Å². The molecular weight excluding hydrogens is 283 g/mol. The average Bonchev–Trinajstić information content (AvgIpc) is 2.42. The van der Waals surface area contributed by atoms with Gasteiger partial charge in [0.05, 0.1) is 16.3 Å². The average molecular weight is 295 g/mol. The lowest BCUT2D eigenvalue weighted by Crippen LogP contribution is -2.21. The second-order valence-corrected chi connectivity index (χ2v) is 4.82. The minimum Gasteiger partial charge on any atom is -0.506 e. The van der Waals surface area contributed by atoms with Crippen LogP contribution in [-0.2, 0) is 0 Å². The van der Waals surface area contributed by atoms with Crippen LogP contribution in [0.25, 0.3) is 11.3 Å². The maximum Gasteiger partial charge on any atom is 0.254 e. The number of aromatic hydroxyl groups is 1. The van der Waals surface area contributed by atoms with E-state index in [4.69, 9.17) is 11.6 Å². The molecule has 0 fully saturated rings. The van der Waals surface area contributed by atoms with Crippen LogP contribution in [0.3, 0.4) is 0 Å². The molecule has 2 rings (SSSR count). The van der Waals surface area contributed by atoms with E-state index in [0.29, 0.717) is 11.3 Å². The second-order valence-electron chi connectivity index (χ2n) is 4.42. The fourth-order valence-corrected chi connectivity index (χ4v) is 1.83. The van der Waals surface area contributed by atoms with Crippen LogP contribution in [0.2, 0.25) is 5.02 Å². The van der Waals surface area contributed by atoms with Crippen molar-refractivity contribution in [1.29, 1.82) is 0 Å². The minimum absolute atomic E-state index is 0.0386.